The van der Waals surface area contributed by atoms with E-state index in [4.69, 9.17) is 27.2 Å². The predicted molar refractivity (Wildman–Crippen MR) is 72.6 cm³/mol. The van der Waals surface area contributed by atoms with Crippen LogP contribution < -0.4 is 10.5 Å². The lowest BCUT2D eigenvalue weighted by Gasteiger charge is -2.09. The Hall–Kier alpha value is -1.85. The van der Waals surface area contributed by atoms with E-state index in [0.29, 0.717) is 16.8 Å². The summed E-state index contributed by atoms with van der Waals surface area (Å²) < 4.78 is 5.11. The largest absolute Gasteiger partial charge is 0.497 e. The zero-order valence-electron chi connectivity index (χ0n) is 10.3. The fourth-order valence-electron chi connectivity index (χ4n) is 1.76. The van der Waals surface area contributed by atoms with E-state index in [2.05, 4.69) is 4.98 Å². The first kappa shape index (κ1) is 13.6. The molecule has 19 heavy (non-hydrogen) atoms. The van der Waals surface area contributed by atoms with Crippen molar-refractivity contribution in [3.05, 3.63) is 35.0 Å². The molecule has 2 aromatic rings. The van der Waals surface area contributed by atoms with E-state index in [-0.39, 0.29) is 11.6 Å². The number of carboxylic acids is 1. The number of rotatable bonds is 4. The molecular weight excluding hydrogens is 268 g/mol. The highest BCUT2D eigenvalue weighted by Crippen LogP contribution is 2.24. The van der Waals surface area contributed by atoms with Gasteiger partial charge in [-0.25, -0.2) is 4.98 Å². The summed E-state index contributed by atoms with van der Waals surface area (Å²) in [7, 11) is 1.57. The highest BCUT2D eigenvalue weighted by Gasteiger charge is 2.15. The minimum atomic E-state index is -1.06. The number of benzene rings is 1. The van der Waals surface area contributed by atoms with Gasteiger partial charge in [0.1, 0.15) is 16.9 Å². The molecule has 0 saturated heterocycles. The molecule has 1 aromatic heterocycles. The minimum Gasteiger partial charge on any atom is -0.497 e. The molecule has 1 heterocycles. The molecule has 0 saturated carbocycles. The van der Waals surface area contributed by atoms with Crippen molar-refractivity contribution in [2.45, 2.75) is 12.5 Å². The Kier molecular flexibility index (Phi) is 3.87. The highest BCUT2D eigenvalue weighted by molar-refractivity contribution is 6.30. The number of pyridine rings is 1. The second-order valence-electron chi connectivity index (χ2n) is 4.15. The van der Waals surface area contributed by atoms with Crippen LogP contribution in [0.1, 0.15) is 5.56 Å². The third-order valence-corrected chi connectivity index (χ3v) is 3.14. The van der Waals surface area contributed by atoms with Crippen LogP contribution in [0.4, 0.5) is 0 Å². The second kappa shape index (κ2) is 5.42. The number of nitrogens with two attached hydrogens (primary N) is 1. The highest BCUT2D eigenvalue weighted by atomic mass is 35.5. The Morgan fingerprint density at radius 3 is 2.89 bits per heavy atom. The van der Waals surface area contributed by atoms with Gasteiger partial charge < -0.3 is 15.6 Å². The molecule has 0 bridgehead atoms. The van der Waals surface area contributed by atoms with Crippen molar-refractivity contribution >= 4 is 28.5 Å². The Morgan fingerprint density at radius 1 is 1.53 bits per heavy atom. The summed E-state index contributed by atoms with van der Waals surface area (Å²) in [6.07, 6.45) is 0.142. The molecule has 0 fully saturated rings. The molecule has 100 valence electrons. The number of halogens is 1. The number of hydrogen-bond donors (Lipinski definition) is 2. The predicted octanol–water partition coefficient (Wildman–Crippen LogP) is 1.85. The first-order chi connectivity index (χ1) is 9.01. The Morgan fingerprint density at radius 2 is 2.26 bits per heavy atom. The lowest BCUT2D eigenvalue weighted by atomic mass is 10.1. The van der Waals surface area contributed by atoms with Crippen LogP contribution in [-0.2, 0) is 11.2 Å². The first-order valence-electron chi connectivity index (χ1n) is 5.63. The van der Waals surface area contributed by atoms with Gasteiger partial charge in [0.2, 0.25) is 0 Å². The maximum Gasteiger partial charge on any atom is 0.320 e. The third-order valence-electron chi connectivity index (χ3n) is 2.81. The fraction of sp³-hybridized carbons (Fsp3) is 0.231. The number of aliphatic carboxylic acids is 1. The average molecular weight is 281 g/mol. The van der Waals surface area contributed by atoms with Gasteiger partial charge in [-0.3, -0.25) is 4.79 Å². The van der Waals surface area contributed by atoms with Gasteiger partial charge in [-0.15, -0.1) is 0 Å². The zero-order chi connectivity index (χ0) is 14.0. The zero-order valence-corrected chi connectivity index (χ0v) is 11.0. The Bertz CT molecular complexity index is 631. The summed E-state index contributed by atoms with van der Waals surface area (Å²) in [4.78, 5) is 15.0. The Labute approximate surface area is 115 Å². The number of methoxy groups -OCH3 is 1. The molecule has 1 atom stereocenters. The van der Waals surface area contributed by atoms with Crippen LogP contribution >= 0.6 is 11.6 Å². The van der Waals surface area contributed by atoms with Gasteiger partial charge in [0.15, 0.2) is 0 Å². The van der Waals surface area contributed by atoms with E-state index < -0.39 is 12.0 Å². The van der Waals surface area contributed by atoms with Crippen molar-refractivity contribution in [3.8, 4) is 5.75 Å². The van der Waals surface area contributed by atoms with Crippen molar-refractivity contribution in [2.24, 2.45) is 5.73 Å². The number of ether oxygens (including phenoxy) is 1. The molecule has 3 N–H and O–H groups in total. The summed E-state index contributed by atoms with van der Waals surface area (Å²) in [5.41, 5.74) is 6.81. The third kappa shape index (κ3) is 2.94. The van der Waals surface area contributed by atoms with Crippen LogP contribution in [0.15, 0.2) is 24.3 Å². The molecule has 0 amide bonds. The topological polar surface area (TPSA) is 85.4 Å². The van der Waals surface area contributed by atoms with E-state index in [1.54, 1.807) is 25.3 Å². The molecule has 0 spiro atoms. The number of carbonyl (C=O) groups is 1. The lowest BCUT2D eigenvalue weighted by Crippen LogP contribution is -2.32. The second-order valence-corrected chi connectivity index (χ2v) is 4.50. The summed E-state index contributed by atoms with van der Waals surface area (Å²) >= 11 is 6.05. The van der Waals surface area contributed by atoms with Crippen LogP contribution in [0.3, 0.4) is 0 Å². The number of carboxylic acid groups (broad SMARTS) is 1. The quantitative estimate of drug-likeness (QED) is 0.835. The van der Waals surface area contributed by atoms with E-state index in [0.717, 1.165) is 5.39 Å². The number of hydrogen-bond acceptors (Lipinski definition) is 4. The minimum absolute atomic E-state index is 0.142. The van der Waals surface area contributed by atoms with Crippen molar-refractivity contribution in [3.63, 3.8) is 0 Å². The molecule has 0 aliphatic carbocycles. The summed E-state index contributed by atoms with van der Waals surface area (Å²) in [6, 6.07) is 6.22. The molecule has 1 unspecified atom stereocenters. The summed E-state index contributed by atoms with van der Waals surface area (Å²) in [5, 5.41) is 9.93. The molecule has 0 aliphatic rings. The van der Waals surface area contributed by atoms with Gasteiger partial charge in [-0.05, 0) is 23.8 Å². The average Bonchev–Trinajstić information content (AvgIpc) is 2.38. The van der Waals surface area contributed by atoms with Crippen molar-refractivity contribution in [2.75, 3.05) is 7.11 Å². The molecule has 1 aromatic carbocycles. The summed E-state index contributed by atoms with van der Waals surface area (Å²) in [6.45, 7) is 0. The standard InChI is InChI=1S/C13H13ClN2O3/c1-19-9-3-2-7-4-8(5-10(15)13(17)18)12(14)16-11(7)6-9/h2-4,6,10H,5,15H2,1H3,(H,17,18). The van der Waals surface area contributed by atoms with E-state index in [1.165, 1.54) is 0 Å². The number of aromatic nitrogens is 1. The molecule has 6 heteroatoms. The van der Waals surface area contributed by atoms with Crippen molar-refractivity contribution in [1.82, 2.24) is 4.98 Å². The maximum absolute atomic E-state index is 10.8. The fourth-order valence-corrected chi connectivity index (χ4v) is 1.98. The molecule has 5 nitrogen and oxygen atoms in total. The van der Waals surface area contributed by atoms with Crippen LogP contribution in [0.2, 0.25) is 5.15 Å². The van der Waals surface area contributed by atoms with Crippen LogP contribution in [0.25, 0.3) is 10.9 Å². The molecular formula is C13H13ClN2O3. The maximum atomic E-state index is 10.8. The van der Waals surface area contributed by atoms with E-state index >= 15 is 0 Å². The van der Waals surface area contributed by atoms with Gasteiger partial charge in [-0.1, -0.05) is 11.6 Å². The van der Waals surface area contributed by atoms with Crippen LogP contribution in [0.5, 0.6) is 5.75 Å². The van der Waals surface area contributed by atoms with Gasteiger partial charge >= 0.3 is 5.97 Å². The first-order valence-corrected chi connectivity index (χ1v) is 6.00. The SMILES string of the molecule is COc1ccc2cc(CC(N)C(=O)O)c(Cl)nc2c1. The van der Waals surface area contributed by atoms with Crippen LogP contribution in [0, 0.1) is 0 Å². The number of fused-ring (bicyclic) bond motifs is 1. The van der Waals surface area contributed by atoms with Crippen LogP contribution in [-0.4, -0.2) is 29.2 Å². The Balaban J connectivity index is 2.41. The van der Waals surface area contributed by atoms with Gasteiger partial charge in [-0.2, -0.15) is 0 Å². The normalized spacial score (nSPS) is 12.4. The van der Waals surface area contributed by atoms with E-state index in [1.807, 2.05) is 6.07 Å². The number of nitrogens with zero attached hydrogens (tertiary/aromatic N) is 1. The molecule has 0 radical (unpaired) electrons. The monoisotopic (exact) mass is 280 g/mol. The van der Waals surface area contributed by atoms with Crippen molar-refractivity contribution < 1.29 is 14.6 Å². The van der Waals surface area contributed by atoms with Gasteiger partial charge in [0.05, 0.1) is 12.6 Å². The molecule has 0 aliphatic heterocycles. The lowest BCUT2D eigenvalue weighted by molar-refractivity contribution is -0.138. The molecule has 2 rings (SSSR count). The smallest absolute Gasteiger partial charge is 0.320 e. The van der Waals surface area contributed by atoms with Gasteiger partial charge in [0.25, 0.3) is 0 Å². The van der Waals surface area contributed by atoms with Crippen molar-refractivity contribution in [1.29, 1.82) is 0 Å². The van der Waals surface area contributed by atoms with Gasteiger partial charge in [0, 0.05) is 17.9 Å². The summed E-state index contributed by atoms with van der Waals surface area (Å²) in [5.74, 6) is -0.378. The van der Waals surface area contributed by atoms with E-state index in [9.17, 15) is 4.79 Å².